The number of benzene rings is 2. The van der Waals surface area contributed by atoms with Crippen molar-refractivity contribution in [3.05, 3.63) is 65.2 Å². The highest BCUT2D eigenvalue weighted by atomic mass is 16.5. The van der Waals surface area contributed by atoms with Crippen LogP contribution in [0.1, 0.15) is 21.5 Å². The molecule has 0 atom stereocenters. The Labute approximate surface area is 158 Å². The molecule has 2 aromatic carbocycles. The van der Waals surface area contributed by atoms with E-state index >= 15 is 0 Å². The van der Waals surface area contributed by atoms with Gasteiger partial charge in [0.15, 0.2) is 0 Å². The molecule has 1 saturated heterocycles. The second-order valence-electron chi connectivity index (χ2n) is 6.82. The van der Waals surface area contributed by atoms with Gasteiger partial charge in [0.05, 0.1) is 24.5 Å². The highest BCUT2D eigenvalue weighted by Crippen LogP contribution is 2.22. The molecule has 0 spiro atoms. The maximum Gasteiger partial charge on any atom is 0.322 e. The number of anilines is 1. The highest BCUT2D eigenvalue weighted by molar-refractivity contribution is 6.03. The number of morpholine rings is 1. The second-order valence-corrected chi connectivity index (χ2v) is 6.82. The lowest BCUT2D eigenvalue weighted by molar-refractivity contribution is 0.0303. The molecule has 0 unspecified atom stereocenters. The Bertz CT molecular complexity index is 846. The fourth-order valence-electron chi connectivity index (χ4n) is 3.58. The molecule has 6 heteroatoms. The normalized spacial score (nSPS) is 16.6. The number of carbonyl (C=O) groups excluding carboxylic acids is 2. The Kier molecular flexibility index (Phi) is 5.07. The van der Waals surface area contributed by atoms with Gasteiger partial charge in [-0.2, -0.15) is 0 Å². The molecule has 2 aliphatic rings. The standard InChI is InChI=1S/C21H23N3O3/c25-20(23-11-13-27-14-12-23)18-7-3-4-8-19(18)22-21(26)24-10-9-16-5-1-2-6-17(16)15-24/h1-8H,9-15H2,(H,22,26). The number of hydrogen-bond donors (Lipinski definition) is 1. The number of ether oxygens (including phenoxy) is 1. The van der Waals surface area contributed by atoms with Gasteiger partial charge < -0.3 is 19.9 Å². The maximum absolute atomic E-state index is 12.8. The minimum Gasteiger partial charge on any atom is -0.378 e. The van der Waals surface area contributed by atoms with E-state index in [2.05, 4.69) is 17.4 Å². The molecule has 2 aliphatic heterocycles. The van der Waals surface area contributed by atoms with Gasteiger partial charge >= 0.3 is 6.03 Å². The van der Waals surface area contributed by atoms with E-state index in [0.717, 1.165) is 6.42 Å². The zero-order valence-electron chi connectivity index (χ0n) is 15.2. The third-order valence-corrected chi connectivity index (χ3v) is 5.12. The Hall–Kier alpha value is -2.86. The van der Waals surface area contributed by atoms with E-state index in [4.69, 9.17) is 4.74 Å². The summed E-state index contributed by atoms with van der Waals surface area (Å²) >= 11 is 0. The van der Waals surface area contributed by atoms with Gasteiger partial charge in [-0.1, -0.05) is 36.4 Å². The molecule has 0 aromatic heterocycles. The number of rotatable bonds is 2. The van der Waals surface area contributed by atoms with Crippen LogP contribution in [0.3, 0.4) is 0 Å². The van der Waals surface area contributed by atoms with Crippen molar-refractivity contribution in [1.82, 2.24) is 9.80 Å². The average Bonchev–Trinajstić information content (AvgIpc) is 2.74. The summed E-state index contributed by atoms with van der Waals surface area (Å²) in [6, 6.07) is 15.2. The summed E-state index contributed by atoms with van der Waals surface area (Å²) in [6.45, 7) is 3.50. The first-order valence-electron chi connectivity index (χ1n) is 9.31. The molecule has 27 heavy (non-hydrogen) atoms. The zero-order valence-corrected chi connectivity index (χ0v) is 15.2. The molecule has 4 rings (SSSR count). The zero-order chi connectivity index (χ0) is 18.6. The number of urea groups is 1. The molecule has 1 fully saturated rings. The number of para-hydroxylation sites is 1. The van der Waals surface area contributed by atoms with Gasteiger partial charge in [-0.05, 0) is 29.7 Å². The predicted octanol–water partition coefficient (Wildman–Crippen LogP) is 2.75. The van der Waals surface area contributed by atoms with E-state index in [0.29, 0.717) is 50.6 Å². The van der Waals surface area contributed by atoms with E-state index < -0.39 is 0 Å². The molecule has 0 saturated carbocycles. The van der Waals surface area contributed by atoms with Crippen LogP contribution in [0.2, 0.25) is 0 Å². The molecule has 3 amide bonds. The van der Waals surface area contributed by atoms with Crippen LogP contribution in [0.15, 0.2) is 48.5 Å². The number of nitrogens with zero attached hydrogens (tertiary/aromatic N) is 2. The van der Waals surface area contributed by atoms with Crippen molar-refractivity contribution in [2.45, 2.75) is 13.0 Å². The molecule has 0 bridgehead atoms. The number of nitrogens with one attached hydrogen (secondary N) is 1. The molecule has 1 N–H and O–H groups in total. The lowest BCUT2D eigenvalue weighted by atomic mass is 10.0. The summed E-state index contributed by atoms with van der Waals surface area (Å²) in [6.07, 6.45) is 0.845. The van der Waals surface area contributed by atoms with Gasteiger partial charge in [0.1, 0.15) is 0 Å². The van der Waals surface area contributed by atoms with Crippen molar-refractivity contribution in [3.63, 3.8) is 0 Å². The van der Waals surface area contributed by atoms with Crippen LogP contribution < -0.4 is 5.32 Å². The smallest absolute Gasteiger partial charge is 0.322 e. The minimum atomic E-state index is -0.174. The van der Waals surface area contributed by atoms with E-state index in [1.165, 1.54) is 11.1 Å². The van der Waals surface area contributed by atoms with Gasteiger partial charge in [-0.25, -0.2) is 4.79 Å². The Balaban J connectivity index is 1.48. The van der Waals surface area contributed by atoms with Crippen molar-refractivity contribution in [3.8, 4) is 0 Å². The van der Waals surface area contributed by atoms with Crippen molar-refractivity contribution in [1.29, 1.82) is 0 Å². The van der Waals surface area contributed by atoms with Crippen molar-refractivity contribution >= 4 is 17.6 Å². The van der Waals surface area contributed by atoms with Gasteiger partial charge in [0.2, 0.25) is 0 Å². The summed E-state index contributed by atoms with van der Waals surface area (Å²) in [5, 5.41) is 2.94. The van der Waals surface area contributed by atoms with Crippen LogP contribution in [0.4, 0.5) is 10.5 Å². The molecule has 6 nitrogen and oxygen atoms in total. The minimum absolute atomic E-state index is 0.0711. The van der Waals surface area contributed by atoms with E-state index in [9.17, 15) is 9.59 Å². The largest absolute Gasteiger partial charge is 0.378 e. The number of carbonyl (C=O) groups is 2. The summed E-state index contributed by atoms with van der Waals surface area (Å²) in [5.74, 6) is -0.0711. The number of fused-ring (bicyclic) bond motifs is 1. The van der Waals surface area contributed by atoms with Crippen LogP contribution >= 0.6 is 0 Å². The van der Waals surface area contributed by atoms with E-state index in [1.54, 1.807) is 21.9 Å². The quantitative estimate of drug-likeness (QED) is 0.890. The molecule has 140 valence electrons. The lowest BCUT2D eigenvalue weighted by Gasteiger charge is -2.30. The Morgan fingerprint density at radius 1 is 0.852 bits per heavy atom. The Morgan fingerprint density at radius 2 is 1.56 bits per heavy atom. The van der Waals surface area contributed by atoms with Gasteiger partial charge in [0, 0.05) is 26.2 Å². The van der Waals surface area contributed by atoms with Crippen molar-refractivity contribution in [2.24, 2.45) is 0 Å². The topological polar surface area (TPSA) is 61.9 Å². The highest BCUT2D eigenvalue weighted by Gasteiger charge is 2.24. The third kappa shape index (κ3) is 3.80. The second kappa shape index (κ2) is 7.80. The third-order valence-electron chi connectivity index (χ3n) is 5.12. The summed E-state index contributed by atoms with van der Waals surface area (Å²) in [5.41, 5.74) is 3.55. The first kappa shape index (κ1) is 17.5. The van der Waals surface area contributed by atoms with Gasteiger partial charge in [-0.15, -0.1) is 0 Å². The van der Waals surface area contributed by atoms with E-state index in [-0.39, 0.29) is 11.9 Å². The van der Waals surface area contributed by atoms with Gasteiger partial charge in [-0.3, -0.25) is 4.79 Å². The number of hydrogen-bond acceptors (Lipinski definition) is 3. The first-order chi connectivity index (χ1) is 13.2. The maximum atomic E-state index is 12.8. The first-order valence-corrected chi connectivity index (χ1v) is 9.31. The molecule has 0 aliphatic carbocycles. The molecule has 2 aromatic rings. The fraction of sp³-hybridized carbons (Fsp3) is 0.333. The van der Waals surface area contributed by atoms with Crippen LogP contribution in [0.25, 0.3) is 0 Å². The summed E-state index contributed by atoms with van der Waals surface area (Å²) < 4.78 is 5.32. The average molecular weight is 365 g/mol. The molecule has 2 heterocycles. The number of amides is 3. The SMILES string of the molecule is O=C(Nc1ccccc1C(=O)N1CCOCC1)N1CCc2ccccc2C1. The monoisotopic (exact) mass is 365 g/mol. The van der Waals surface area contributed by atoms with Gasteiger partial charge in [0.25, 0.3) is 5.91 Å². The van der Waals surface area contributed by atoms with Crippen LogP contribution in [0.5, 0.6) is 0 Å². The van der Waals surface area contributed by atoms with Crippen molar-refractivity contribution < 1.29 is 14.3 Å². The van der Waals surface area contributed by atoms with E-state index in [1.807, 2.05) is 24.3 Å². The fourth-order valence-corrected chi connectivity index (χ4v) is 3.58. The molecular weight excluding hydrogens is 342 g/mol. The summed E-state index contributed by atoms with van der Waals surface area (Å²) in [4.78, 5) is 29.2. The van der Waals surface area contributed by atoms with Crippen LogP contribution in [-0.2, 0) is 17.7 Å². The van der Waals surface area contributed by atoms with Crippen LogP contribution in [0, 0.1) is 0 Å². The molecule has 0 radical (unpaired) electrons. The Morgan fingerprint density at radius 3 is 2.37 bits per heavy atom. The van der Waals surface area contributed by atoms with Crippen molar-refractivity contribution in [2.75, 3.05) is 38.2 Å². The van der Waals surface area contributed by atoms with Crippen LogP contribution in [-0.4, -0.2) is 54.6 Å². The molecular formula is C21H23N3O3. The summed E-state index contributed by atoms with van der Waals surface area (Å²) in [7, 11) is 0. The predicted molar refractivity (Wildman–Crippen MR) is 103 cm³/mol. The lowest BCUT2D eigenvalue weighted by Crippen LogP contribution is -2.42.